The zero-order valence-electron chi connectivity index (χ0n) is 14.5. The van der Waals surface area contributed by atoms with Gasteiger partial charge < -0.3 is 14.7 Å². The fourth-order valence-corrected chi connectivity index (χ4v) is 3.47. The summed E-state index contributed by atoms with van der Waals surface area (Å²) in [6.45, 7) is 4.08. The molecular formula is C19H21N5O2. The van der Waals surface area contributed by atoms with Crippen molar-refractivity contribution in [3.63, 3.8) is 0 Å². The number of hydrogen-bond donors (Lipinski definition) is 0. The van der Waals surface area contributed by atoms with Gasteiger partial charge in [0, 0.05) is 51.7 Å². The van der Waals surface area contributed by atoms with E-state index in [0.717, 1.165) is 12.8 Å². The minimum absolute atomic E-state index is 0.0307. The van der Waals surface area contributed by atoms with Crippen LogP contribution in [0.2, 0.25) is 0 Å². The van der Waals surface area contributed by atoms with Crippen LogP contribution in [0.25, 0.3) is 0 Å². The van der Waals surface area contributed by atoms with Crippen molar-refractivity contribution in [3.05, 3.63) is 53.3 Å². The first-order chi connectivity index (χ1) is 12.7. The Morgan fingerprint density at radius 2 is 1.65 bits per heavy atom. The number of benzene rings is 1. The van der Waals surface area contributed by atoms with Gasteiger partial charge in [0.2, 0.25) is 12.4 Å². The molecule has 1 saturated heterocycles. The molecule has 7 heteroatoms. The summed E-state index contributed by atoms with van der Waals surface area (Å²) in [5.41, 5.74) is 3.04. The molecule has 0 atom stereocenters. The number of carbonyl (C=O) groups is 2. The number of piperazine rings is 1. The Bertz CT molecular complexity index is 800. The van der Waals surface area contributed by atoms with Crippen LogP contribution >= 0.6 is 0 Å². The maximum absolute atomic E-state index is 12.8. The first kappa shape index (κ1) is 16.5. The number of anilines is 1. The molecule has 26 heavy (non-hydrogen) atoms. The van der Waals surface area contributed by atoms with Crippen molar-refractivity contribution < 1.29 is 9.59 Å². The Morgan fingerprint density at radius 1 is 0.962 bits per heavy atom. The van der Waals surface area contributed by atoms with Crippen LogP contribution in [0, 0.1) is 0 Å². The molecule has 2 aliphatic heterocycles. The third-order valence-corrected chi connectivity index (χ3v) is 5.05. The lowest BCUT2D eigenvalue weighted by molar-refractivity contribution is -0.118. The Kier molecular flexibility index (Phi) is 4.51. The van der Waals surface area contributed by atoms with E-state index >= 15 is 0 Å². The summed E-state index contributed by atoms with van der Waals surface area (Å²) in [6, 6.07) is 8.25. The van der Waals surface area contributed by atoms with Crippen LogP contribution < -0.4 is 4.90 Å². The lowest BCUT2D eigenvalue weighted by Gasteiger charge is -2.32. The average molecular weight is 351 g/mol. The quantitative estimate of drug-likeness (QED) is 0.770. The number of nitrogens with zero attached hydrogens (tertiary/aromatic N) is 5. The summed E-state index contributed by atoms with van der Waals surface area (Å²) in [5, 5.41) is 0. The number of carbonyl (C=O) groups excluding carboxylic acids is 2. The Balaban J connectivity index is 1.42. The lowest BCUT2D eigenvalue weighted by Crippen LogP contribution is -2.46. The molecule has 2 amide bonds. The van der Waals surface area contributed by atoms with Gasteiger partial charge >= 0.3 is 0 Å². The van der Waals surface area contributed by atoms with Gasteiger partial charge in [-0.25, -0.2) is 9.97 Å². The van der Waals surface area contributed by atoms with Gasteiger partial charge in [0.15, 0.2) is 0 Å². The normalized spacial score (nSPS) is 17.0. The average Bonchev–Trinajstić information content (AvgIpc) is 2.73. The summed E-state index contributed by atoms with van der Waals surface area (Å²) in [5.74, 6) is 0.577. The van der Waals surface area contributed by atoms with Gasteiger partial charge in [-0.15, -0.1) is 0 Å². The summed E-state index contributed by atoms with van der Waals surface area (Å²) >= 11 is 0. The molecule has 4 rings (SSSR count). The van der Waals surface area contributed by atoms with Crippen LogP contribution in [0.5, 0.6) is 0 Å². The second-order valence-corrected chi connectivity index (χ2v) is 6.65. The smallest absolute Gasteiger partial charge is 0.257 e. The van der Waals surface area contributed by atoms with Crippen molar-refractivity contribution in [2.75, 3.05) is 37.6 Å². The van der Waals surface area contributed by atoms with E-state index in [-0.39, 0.29) is 5.91 Å². The summed E-state index contributed by atoms with van der Waals surface area (Å²) in [4.78, 5) is 37.9. The van der Waals surface area contributed by atoms with Crippen molar-refractivity contribution in [3.8, 4) is 0 Å². The predicted molar refractivity (Wildman–Crippen MR) is 96.8 cm³/mol. The Labute approximate surface area is 152 Å². The van der Waals surface area contributed by atoms with E-state index in [2.05, 4.69) is 22.1 Å². The third-order valence-electron chi connectivity index (χ3n) is 5.05. The molecular weight excluding hydrogens is 330 g/mol. The number of rotatable bonds is 3. The van der Waals surface area contributed by atoms with Gasteiger partial charge in [-0.3, -0.25) is 9.59 Å². The number of hydrogen-bond acceptors (Lipinski definition) is 5. The predicted octanol–water partition coefficient (Wildman–Crippen LogP) is 0.953. The molecule has 1 aromatic heterocycles. The molecule has 0 saturated carbocycles. The van der Waals surface area contributed by atoms with Gasteiger partial charge in [-0.05, 0) is 17.5 Å². The molecule has 134 valence electrons. The van der Waals surface area contributed by atoms with Crippen LogP contribution in [0.3, 0.4) is 0 Å². The number of amides is 2. The van der Waals surface area contributed by atoms with E-state index < -0.39 is 0 Å². The fraction of sp³-hybridized carbons (Fsp3) is 0.368. The Hall–Kier alpha value is -2.96. The molecule has 0 unspecified atom stereocenters. The van der Waals surface area contributed by atoms with Crippen molar-refractivity contribution >= 4 is 18.3 Å². The third kappa shape index (κ3) is 3.24. The van der Waals surface area contributed by atoms with E-state index in [1.165, 1.54) is 11.1 Å². The molecule has 3 heterocycles. The topological polar surface area (TPSA) is 69.6 Å². The minimum atomic E-state index is -0.0307. The zero-order valence-corrected chi connectivity index (χ0v) is 14.5. The first-order valence-electron chi connectivity index (χ1n) is 8.87. The molecule has 0 spiro atoms. The standard InChI is InChI=1S/C19H21N5O2/c25-14-22-7-9-23(10-8-22)19-20-11-17(12-21-19)18(26)24-6-5-15-3-1-2-4-16(15)13-24/h1-4,11-12,14H,5-10,13H2. The highest BCUT2D eigenvalue weighted by Gasteiger charge is 2.23. The largest absolute Gasteiger partial charge is 0.342 e. The maximum Gasteiger partial charge on any atom is 0.257 e. The van der Waals surface area contributed by atoms with Crippen LogP contribution in [0.1, 0.15) is 21.5 Å². The molecule has 0 radical (unpaired) electrons. The van der Waals surface area contributed by atoms with Gasteiger partial charge in [-0.1, -0.05) is 24.3 Å². The SMILES string of the molecule is O=CN1CCN(c2ncc(C(=O)N3CCc4ccccc4C3)cn2)CC1. The van der Waals surface area contributed by atoms with E-state index in [4.69, 9.17) is 0 Å². The van der Waals surface area contributed by atoms with Crippen molar-refractivity contribution in [1.29, 1.82) is 0 Å². The molecule has 1 aromatic carbocycles. The molecule has 7 nitrogen and oxygen atoms in total. The number of aromatic nitrogens is 2. The molecule has 2 aliphatic rings. The second kappa shape index (κ2) is 7.11. The van der Waals surface area contributed by atoms with Crippen molar-refractivity contribution in [1.82, 2.24) is 19.8 Å². The van der Waals surface area contributed by atoms with Crippen LogP contribution in [0.4, 0.5) is 5.95 Å². The van der Waals surface area contributed by atoms with E-state index in [1.807, 2.05) is 21.9 Å². The van der Waals surface area contributed by atoms with E-state index in [0.29, 0.717) is 50.8 Å². The van der Waals surface area contributed by atoms with Crippen LogP contribution in [-0.4, -0.2) is 64.8 Å². The van der Waals surface area contributed by atoms with E-state index in [9.17, 15) is 9.59 Å². The molecule has 2 aromatic rings. The summed E-state index contributed by atoms with van der Waals surface area (Å²) < 4.78 is 0. The lowest BCUT2D eigenvalue weighted by atomic mass is 9.99. The van der Waals surface area contributed by atoms with E-state index in [1.54, 1.807) is 17.3 Å². The Morgan fingerprint density at radius 3 is 2.35 bits per heavy atom. The van der Waals surface area contributed by atoms with Gasteiger partial charge in [0.05, 0.1) is 5.56 Å². The van der Waals surface area contributed by atoms with Crippen molar-refractivity contribution in [2.45, 2.75) is 13.0 Å². The summed E-state index contributed by atoms with van der Waals surface area (Å²) in [6.07, 6.45) is 4.97. The molecule has 0 aliphatic carbocycles. The highest BCUT2D eigenvalue weighted by atomic mass is 16.2. The minimum Gasteiger partial charge on any atom is -0.342 e. The fourth-order valence-electron chi connectivity index (χ4n) is 3.47. The monoisotopic (exact) mass is 351 g/mol. The highest BCUT2D eigenvalue weighted by molar-refractivity contribution is 5.93. The summed E-state index contributed by atoms with van der Waals surface area (Å²) in [7, 11) is 0. The van der Waals surface area contributed by atoms with Crippen LogP contribution in [-0.2, 0) is 17.8 Å². The highest BCUT2D eigenvalue weighted by Crippen LogP contribution is 2.20. The van der Waals surface area contributed by atoms with Gasteiger partial charge in [0.25, 0.3) is 5.91 Å². The molecule has 0 N–H and O–H groups in total. The first-order valence-corrected chi connectivity index (χ1v) is 8.87. The van der Waals surface area contributed by atoms with Gasteiger partial charge in [-0.2, -0.15) is 0 Å². The number of fused-ring (bicyclic) bond motifs is 1. The zero-order chi connectivity index (χ0) is 17.9. The second-order valence-electron chi connectivity index (χ2n) is 6.65. The molecule has 0 bridgehead atoms. The van der Waals surface area contributed by atoms with Crippen LogP contribution in [0.15, 0.2) is 36.7 Å². The van der Waals surface area contributed by atoms with Gasteiger partial charge in [0.1, 0.15) is 0 Å². The van der Waals surface area contributed by atoms with Crippen molar-refractivity contribution in [2.24, 2.45) is 0 Å². The molecule has 1 fully saturated rings. The maximum atomic E-state index is 12.8.